The molecule has 54 valence electrons. The van der Waals surface area contributed by atoms with Gasteiger partial charge in [-0.05, 0) is 41.5 Å². The van der Waals surface area contributed by atoms with Crippen LogP contribution in [0.25, 0.3) is 5.57 Å². The average molecular weight is 142 g/mol. The lowest BCUT2D eigenvalue weighted by Crippen LogP contribution is -1.84. The van der Waals surface area contributed by atoms with Gasteiger partial charge in [-0.1, -0.05) is 24.3 Å². The fraction of sp³-hybridized carbons (Fsp3) is 0.273. The van der Waals surface area contributed by atoms with Gasteiger partial charge in [0.25, 0.3) is 0 Å². The second-order valence-electron chi connectivity index (χ2n) is 3.38. The predicted octanol–water partition coefficient (Wildman–Crippen LogP) is 2.57. The van der Waals surface area contributed by atoms with Crippen molar-refractivity contribution in [3.8, 4) is 0 Å². The third kappa shape index (κ3) is 0.597. The van der Waals surface area contributed by atoms with Crippen molar-refractivity contribution in [2.75, 3.05) is 0 Å². The Balaban J connectivity index is 2.39. The summed E-state index contributed by atoms with van der Waals surface area (Å²) in [5.41, 5.74) is 6.32. The summed E-state index contributed by atoms with van der Waals surface area (Å²) in [6.45, 7) is 0. The molecule has 2 aliphatic carbocycles. The molecule has 0 N–H and O–H groups in total. The Morgan fingerprint density at radius 2 is 1.91 bits per heavy atom. The van der Waals surface area contributed by atoms with Crippen LogP contribution in [0.15, 0.2) is 24.3 Å². The van der Waals surface area contributed by atoms with Crippen LogP contribution in [-0.2, 0) is 12.8 Å². The third-order valence-corrected chi connectivity index (χ3v) is 2.79. The van der Waals surface area contributed by atoms with Crippen LogP contribution in [-0.4, -0.2) is 0 Å². The maximum Gasteiger partial charge on any atom is -0.00853 e. The Kier molecular flexibility index (Phi) is 0.894. The zero-order valence-electron chi connectivity index (χ0n) is 6.43. The van der Waals surface area contributed by atoms with Crippen LogP contribution >= 0.6 is 0 Å². The first-order valence-corrected chi connectivity index (χ1v) is 4.25. The van der Waals surface area contributed by atoms with Gasteiger partial charge >= 0.3 is 0 Å². The van der Waals surface area contributed by atoms with Crippen molar-refractivity contribution in [3.63, 3.8) is 0 Å². The standard InChI is InChI=1S/C11H10/c1-2-8-4-6-10-7-5-9(3-1)11(8)10/h1-3,6H,4-5,7H2. The molecule has 0 fully saturated rings. The fourth-order valence-electron chi connectivity index (χ4n) is 2.28. The molecule has 0 heteroatoms. The predicted molar refractivity (Wildman–Crippen MR) is 46.4 cm³/mol. The third-order valence-electron chi connectivity index (χ3n) is 2.79. The molecule has 0 nitrogen and oxygen atoms in total. The van der Waals surface area contributed by atoms with Gasteiger partial charge in [-0.15, -0.1) is 0 Å². The number of aryl methyl sites for hydroxylation is 1. The highest BCUT2D eigenvalue weighted by Crippen LogP contribution is 2.39. The first-order valence-electron chi connectivity index (χ1n) is 4.25. The molecule has 0 aliphatic heterocycles. The SMILES string of the molecule is C1=C2CCc3cccc(c32)C1. The molecule has 0 unspecified atom stereocenters. The Morgan fingerprint density at radius 3 is 2.91 bits per heavy atom. The van der Waals surface area contributed by atoms with Crippen molar-refractivity contribution < 1.29 is 0 Å². The molecular formula is C11H10. The highest BCUT2D eigenvalue weighted by molar-refractivity contribution is 5.78. The van der Waals surface area contributed by atoms with Crippen molar-refractivity contribution in [2.45, 2.75) is 19.3 Å². The van der Waals surface area contributed by atoms with Gasteiger partial charge in [-0.2, -0.15) is 0 Å². The second kappa shape index (κ2) is 1.76. The van der Waals surface area contributed by atoms with Crippen molar-refractivity contribution in [1.82, 2.24) is 0 Å². The monoisotopic (exact) mass is 142 g/mol. The molecule has 0 bridgehead atoms. The highest BCUT2D eigenvalue weighted by Gasteiger charge is 2.22. The molecule has 3 rings (SSSR count). The van der Waals surface area contributed by atoms with E-state index in [1.165, 1.54) is 19.3 Å². The quantitative estimate of drug-likeness (QED) is 0.522. The van der Waals surface area contributed by atoms with Crippen LogP contribution in [0.4, 0.5) is 0 Å². The summed E-state index contributed by atoms with van der Waals surface area (Å²) >= 11 is 0. The van der Waals surface area contributed by atoms with Gasteiger partial charge in [0.05, 0.1) is 0 Å². The molecule has 0 amide bonds. The molecule has 1 aromatic rings. The first-order chi connectivity index (χ1) is 5.45. The normalized spacial score (nSPS) is 18.4. The Labute approximate surface area is 66.6 Å². The molecule has 0 saturated heterocycles. The van der Waals surface area contributed by atoms with Gasteiger partial charge in [0, 0.05) is 0 Å². The van der Waals surface area contributed by atoms with Crippen molar-refractivity contribution in [3.05, 3.63) is 41.0 Å². The van der Waals surface area contributed by atoms with Gasteiger partial charge < -0.3 is 0 Å². The summed E-state index contributed by atoms with van der Waals surface area (Å²) in [6, 6.07) is 6.72. The summed E-state index contributed by atoms with van der Waals surface area (Å²) in [7, 11) is 0. The van der Waals surface area contributed by atoms with Crippen LogP contribution in [0.5, 0.6) is 0 Å². The lowest BCUT2D eigenvalue weighted by atomic mass is 10.1. The van der Waals surface area contributed by atoms with Crippen LogP contribution < -0.4 is 0 Å². The van der Waals surface area contributed by atoms with Gasteiger partial charge in [-0.25, -0.2) is 0 Å². The summed E-state index contributed by atoms with van der Waals surface area (Å²) < 4.78 is 0. The van der Waals surface area contributed by atoms with E-state index in [1.54, 1.807) is 22.3 Å². The smallest absolute Gasteiger partial charge is 0.00853 e. The zero-order chi connectivity index (χ0) is 7.26. The molecule has 0 aromatic heterocycles. The number of benzene rings is 1. The second-order valence-corrected chi connectivity index (χ2v) is 3.38. The van der Waals surface area contributed by atoms with Gasteiger partial charge in [-0.3, -0.25) is 0 Å². The van der Waals surface area contributed by atoms with Gasteiger partial charge in [0.1, 0.15) is 0 Å². The minimum Gasteiger partial charge on any atom is -0.0763 e. The molecular weight excluding hydrogens is 132 g/mol. The van der Waals surface area contributed by atoms with E-state index in [0.717, 1.165) is 0 Å². The number of hydrogen-bond donors (Lipinski definition) is 0. The van der Waals surface area contributed by atoms with Crippen LogP contribution in [0.2, 0.25) is 0 Å². The van der Waals surface area contributed by atoms with Gasteiger partial charge in [0.2, 0.25) is 0 Å². The zero-order valence-corrected chi connectivity index (χ0v) is 6.43. The lowest BCUT2D eigenvalue weighted by Gasteiger charge is -1.99. The molecule has 0 heterocycles. The van der Waals surface area contributed by atoms with Crippen molar-refractivity contribution in [1.29, 1.82) is 0 Å². The Morgan fingerprint density at radius 1 is 1.00 bits per heavy atom. The number of allylic oxidation sites excluding steroid dienone is 2. The minimum absolute atomic E-state index is 1.18. The van der Waals surface area contributed by atoms with E-state index in [9.17, 15) is 0 Å². The van der Waals surface area contributed by atoms with E-state index < -0.39 is 0 Å². The van der Waals surface area contributed by atoms with Crippen LogP contribution in [0, 0.1) is 0 Å². The van der Waals surface area contributed by atoms with Crippen molar-refractivity contribution >= 4 is 5.57 Å². The molecule has 1 aromatic carbocycles. The summed E-state index contributed by atoms with van der Waals surface area (Å²) in [5.74, 6) is 0. The Bertz CT molecular complexity index is 345. The summed E-state index contributed by atoms with van der Waals surface area (Å²) in [6.07, 6.45) is 6.13. The number of rotatable bonds is 0. The van der Waals surface area contributed by atoms with E-state index in [0.29, 0.717) is 0 Å². The van der Waals surface area contributed by atoms with Crippen LogP contribution in [0.3, 0.4) is 0 Å². The fourth-order valence-corrected chi connectivity index (χ4v) is 2.28. The molecule has 0 spiro atoms. The number of hydrogen-bond acceptors (Lipinski definition) is 0. The molecule has 0 atom stereocenters. The molecule has 0 radical (unpaired) electrons. The van der Waals surface area contributed by atoms with E-state index in [2.05, 4.69) is 24.3 Å². The topological polar surface area (TPSA) is 0 Å². The molecule has 11 heavy (non-hydrogen) atoms. The molecule has 2 aliphatic rings. The van der Waals surface area contributed by atoms with Gasteiger partial charge in [0.15, 0.2) is 0 Å². The van der Waals surface area contributed by atoms with E-state index >= 15 is 0 Å². The summed E-state index contributed by atoms with van der Waals surface area (Å²) in [5, 5.41) is 0. The largest absolute Gasteiger partial charge is 0.0763 e. The minimum atomic E-state index is 1.18. The average Bonchev–Trinajstić information content (AvgIpc) is 2.60. The Hall–Kier alpha value is -1.04. The first kappa shape index (κ1) is 5.59. The highest BCUT2D eigenvalue weighted by atomic mass is 14.3. The molecule has 0 saturated carbocycles. The van der Waals surface area contributed by atoms with E-state index in [1.807, 2.05) is 0 Å². The van der Waals surface area contributed by atoms with E-state index in [4.69, 9.17) is 0 Å². The lowest BCUT2D eigenvalue weighted by molar-refractivity contribution is 1.07. The van der Waals surface area contributed by atoms with Crippen molar-refractivity contribution in [2.24, 2.45) is 0 Å². The maximum absolute atomic E-state index is 2.39. The van der Waals surface area contributed by atoms with Crippen LogP contribution in [0.1, 0.15) is 23.1 Å². The maximum atomic E-state index is 2.39. The summed E-state index contributed by atoms with van der Waals surface area (Å²) in [4.78, 5) is 0. The van der Waals surface area contributed by atoms with E-state index in [-0.39, 0.29) is 0 Å².